The van der Waals surface area contributed by atoms with Crippen molar-refractivity contribution in [1.29, 1.82) is 0 Å². The van der Waals surface area contributed by atoms with Gasteiger partial charge in [-0.1, -0.05) is 42.5 Å². The molecule has 0 saturated carbocycles. The summed E-state index contributed by atoms with van der Waals surface area (Å²) in [5.41, 5.74) is 1.20. The Balaban J connectivity index is 0.00000392. The summed E-state index contributed by atoms with van der Waals surface area (Å²) in [6.07, 6.45) is -0.419. The van der Waals surface area contributed by atoms with E-state index < -0.39 is 6.10 Å². The van der Waals surface area contributed by atoms with Gasteiger partial charge >= 0.3 is 0 Å². The van der Waals surface area contributed by atoms with E-state index in [1.807, 2.05) is 42.5 Å². The SMILES string of the molecule is COc1ccccc1OCC(O)C[NH2+]CC[NH2+]CC(OC)c1ccccc1.[Cl-].[Cl-]. The first-order valence-electron chi connectivity index (χ1n) is 9.39. The van der Waals surface area contributed by atoms with Crippen molar-refractivity contribution in [3.05, 3.63) is 60.2 Å². The van der Waals surface area contributed by atoms with Crippen LogP contribution in [-0.4, -0.2) is 58.2 Å². The number of para-hydroxylation sites is 2. The highest BCUT2D eigenvalue weighted by Gasteiger charge is 2.13. The molecule has 2 rings (SSSR count). The second-order valence-electron chi connectivity index (χ2n) is 6.38. The summed E-state index contributed by atoms with van der Waals surface area (Å²) in [6.45, 7) is 3.63. The van der Waals surface area contributed by atoms with Gasteiger partial charge in [-0.05, 0) is 17.7 Å². The Morgan fingerprint density at radius 3 is 2.03 bits per heavy atom. The first-order chi connectivity index (χ1) is 13.2. The maximum Gasteiger partial charge on any atom is 0.161 e. The minimum absolute atomic E-state index is 0. The average Bonchev–Trinajstić information content (AvgIpc) is 2.72. The van der Waals surface area contributed by atoms with E-state index in [4.69, 9.17) is 14.2 Å². The van der Waals surface area contributed by atoms with E-state index >= 15 is 0 Å². The molecule has 0 fully saturated rings. The number of rotatable bonds is 13. The lowest BCUT2D eigenvalue weighted by molar-refractivity contribution is -0.728. The van der Waals surface area contributed by atoms with Gasteiger partial charge in [0.2, 0.25) is 0 Å². The fraction of sp³-hybridized carbons (Fsp3) is 0.429. The van der Waals surface area contributed by atoms with Crippen molar-refractivity contribution in [2.75, 3.05) is 47.0 Å². The second kappa shape index (κ2) is 16.3. The molecule has 0 amide bonds. The number of hydrogen-bond donors (Lipinski definition) is 3. The van der Waals surface area contributed by atoms with Gasteiger partial charge in [0.15, 0.2) is 11.5 Å². The average molecular weight is 447 g/mol. The highest BCUT2D eigenvalue weighted by Crippen LogP contribution is 2.25. The molecule has 0 aliphatic rings. The Labute approximate surface area is 185 Å². The van der Waals surface area contributed by atoms with Crippen LogP contribution in [0.1, 0.15) is 11.7 Å². The van der Waals surface area contributed by atoms with Crippen LogP contribution in [0.3, 0.4) is 0 Å². The van der Waals surface area contributed by atoms with Gasteiger partial charge < -0.3 is 54.8 Å². The number of aliphatic hydroxyl groups is 1. The normalized spacial score (nSPS) is 12.2. The molecule has 6 nitrogen and oxygen atoms in total. The Morgan fingerprint density at radius 1 is 0.828 bits per heavy atom. The number of ether oxygens (including phenoxy) is 3. The fourth-order valence-electron chi connectivity index (χ4n) is 2.84. The van der Waals surface area contributed by atoms with Gasteiger partial charge in [0.1, 0.15) is 45.0 Å². The summed E-state index contributed by atoms with van der Waals surface area (Å²) < 4.78 is 16.4. The van der Waals surface area contributed by atoms with E-state index in [2.05, 4.69) is 22.8 Å². The van der Waals surface area contributed by atoms with Crippen LogP contribution in [0.5, 0.6) is 11.5 Å². The predicted molar refractivity (Wildman–Crippen MR) is 104 cm³/mol. The molecule has 0 heterocycles. The van der Waals surface area contributed by atoms with E-state index in [-0.39, 0.29) is 37.5 Å². The van der Waals surface area contributed by atoms with Crippen molar-refractivity contribution in [2.24, 2.45) is 0 Å². The van der Waals surface area contributed by atoms with Gasteiger partial charge in [-0.2, -0.15) is 0 Å². The van der Waals surface area contributed by atoms with Crippen LogP contribution < -0.4 is 44.9 Å². The Kier molecular flexibility index (Phi) is 15.4. The number of quaternary nitrogens is 2. The molecule has 2 aromatic carbocycles. The van der Waals surface area contributed by atoms with E-state index in [1.165, 1.54) is 5.56 Å². The third-order valence-corrected chi connectivity index (χ3v) is 4.35. The van der Waals surface area contributed by atoms with Gasteiger partial charge in [-0.25, -0.2) is 0 Å². The topological polar surface area (TPSA) is 81.1 Å². The third kappa shape index (κ3) is 10.2. The van der Waals surface area contributed by atoms with E-state index in [9.17, 15) is 5.11 Å². The van der Waals surface area contributed by atoms with Crippen LogP contribution >= 0.6 is 0 Å². The summed E-state index contributed by atoms with van der Waals surface area (Å²) in [5, 5.41) is 14.4. The van der Waals surface area contributed by atoms with E-state index in [0.29, 0.717) is 18.0 Å². The predicted octanol–water partition coefficient (Wildman–Crippen LogP) is -6.04. The van der Waals surface area contributed by atoms with Crippen LogP contribution in [0.15, 0.2) is 54.6 Å². The van der Waals surface area contributed by atoms with Crippen molar-refractivity contribution < 1.29 is 54.8 Å². The smallest absolute Gasteiger partial charge is 0.161 e. The maximum atomic E-state index is 10.1. The standard InChI is InChI=1S/C21H30N2O4.2ClH/c1-25-19-10-6-7-11-20(19)27-16-18(24)14-22-12-13-23-15-21(26-2)17-8-4-3-5-9-17;;/h3-11,18,21-24H,12-16H2,1-2H3;2*1H. The fourth-order valence-corrected chi connectivity index (χ4v) is 2.84. The zero-order valence-electron chi connectivity index (χ0n) is 17.0. The second-order valence-corrected chi connectivity index (χ2v) is 6.38. The lowest BCUT2D eigenvalue weighted by Crippen LogP contribution is -3.00. The lowest BCUT2D eigenvalue weighted by Gasteiger charge is -2.15. The summed E-state index contributed by atoms with van der Waals surface area (Å²) in [6, 6.07) is 17.7. The molecule has 2 aromatic rings. The maximum absolute atomic E-state index is 10.1. The molecule has 0 aliphatic heterocycles. The minimum Gasteiger partial charge on any atom is -1.00 e. The van der Waals surface area contributed by atoms with E-state index in [1.54, 1.807) is 14.2 Å². The zero-order chi connectivity index (χ0) is 19.3. The van der Waals surface area contributed by atoms with Crippen LogP contribution in [0.4, 0.5) is 0 Å². The Bertz CT molecular complexity index is 650. The molecule has 5 N–H and O–H groups in total. The molecular weight excluding hydrogens is 415 g/mol. The molecule has 0 bridgehead atoms. The van der Waals surface area contributed by atoms with Crippen molar-refractivity contribution in [1.82, 2.24) is 0 Å². The van der Waals surface area contributed by atoms with Gasteiger partial charge in [0.05, 0.1) is 7.11 Å². The van der Waals surface area contributed by atoms with Crippen molar-refractivity contribution in [2.45, 2.75) is 12.2 Å². The molecule has 164 valence electrons. The monoisotopic (exact) mass is 446 g/mol. The molecule has 0 saturated heterocycles. The van der Waals surface area contributed by atoms with Crippen LogP contribution in [0.2, 0.25) is 0 Å². The summed E-state index contributed by atoms with van der Waals surface area (Å²) in [7, 11) is 3.35. The van der Waals surface area contributed by atoms with Crippen LogP contribution in [0.25, 0.3) is 0 Å². The molecule has 29 heavy (non-hydrogen) atoms. The summed E-state index contributed by atoms with van der Waals surface area (Å²) in [4.78, 5) is 0. The molecule has 2 unspecified atom stereocenters. The van der Waals surface area contributed by atoms with Crippen molar-refractivity contribution in [3.8, 4) is 11.5 Å². The molecule has 8 heteroatoms. The number of nitrogens with two attached hydrogens (primary N) is 2. The molecule has 0 aliphatic carbocycles. The third-order valence-electron chi connectivity index (χ3n) is 4.35. The minimum atomic E-state index is -0.522. The summed E-state index contributed by atoms with van der Waals surface area (Å²) in [5.74, 6) is 1.33. The van der Waals surface area contributed by atoms with Gasteiger partial charge in [-0.15, -0.1) is 0 Å². The molecule has 0 aromatic heterocycles. The van der Waals surface area contributed by atoms with E-state index in [0.717, 1.165) is 19.6 Å². The molecule has 0 radical (unpaired) electrons. The molecule has 2 atom stereocenters. The molecule has 0 spiro atoms. The highest BCUT2D eigenvalue weighted by molar-refractivity contribution is 5.39. The first kappa shape index (κ1) is 27.5. The molecular formula is C21H32Cl2N2O4. The zero-order valence-corrected chi connectivity index (χ0v) is 18.5. The number of benzene rings is 2. The number of methoxy groups -OCH3 is 2. The van der Waals surface area contributed by atoms with Crippen molar-refractivity contribution in [3.63, 3.8) is 0 Å². The van der Waals surface area contributed by atoms with Crippen LogP contribution in [-0.2, 0) is 4.74 Å². The number of halogens is 2. The number of aliphatic hydroxyl groups excluding tert-OH is 1. The highest BCUT2D eigenvalue weighted by atomic mass is 35.5. The quantitative estimate of drug-likeness (QED) is 0.267. The van der Waals surface area contributed by atoms with Gasteiger partial charge in [-0.3, -0.25) is 0 Å². The van der Waals surface area contributed by atoms with Gasteiger partial charge in [0, 0.05) is 7.11 Å². The van der Waals surface area contributed by atoms with Crippen molar-refractivity contribution >= 4 is 0 Å². The lowest BCUT2D eigenvalue weighted by atomic mass is 10.1. The largest absolute Gasteiger partial charge is 1.00 e. The summed E-state index contributed by atoms with van der Waals surface area (Å²) >= 11 is 0. The number of hydrogen-bond acceptors (Lipinski definition) is 4. The van der Waals surface area contributed by atoms with Gasteiger partial charge in [0.25, 0.3) is 0 Å². The first-order valence-corrected chi connectivity index (χ1v) is 9.39. The van der Waals surface area contributed by atoms with Crippen LogP contribution in [0, 0.1) is 0 Å². The Hall–Kier alpha value is -1.54. The Morgan fingerprint density at radius 2 is 1.41 bits per heavy atom.